The van der Waals surface area contributed by atoms with Crippen molar-refractivity contribution in [2.45, 2.75) is 37.9 Å². The molecule has 1 aromatic rings. The van der Waals surface area contributed by atoms with E-state index in [0.29, 0.717) is 12.7 Å². The van der Waals surface area contributed by atoms with Gasteiger partial charge in [0, 0.05) is 6.42 Å². The minimum Gasteiger partial charge on any atom is -0.462 e. The molecule has 2 unspecified atom stereocenters. The number of hydrogen-bond donors (Lipinski definition) is 1. The first-order valence-corrected chi connectivity index (χ1v) is 8.32. The van der Waals surface area contributed by atoms with E-state index in [9.17, 15) is 4.21 Å². The maximum absolute atomic E-state index is 11.7. The maximum Gasteiger partial charge on any atom is 0.229 e. The summed E-state index contributed by atoms with van der Waals surface area (Å²) in [5.41, 5.74) is 1.26. The second-order valence-corrected chi connectivity index (χ2v) is 7.73. The van der Waals surface area contributed by atoms with E-state index in [1.807, 2.05) is 32.0 Å². The molecule has 116 valence electrons. The molecular formula is C16H23NO3S. The summed E-state index contributed by atoms with van der Waals surface area (Å²) in [7, 11) is -1.35. The van der Waals surface area contributed by atoms with Crippen molar-refractivity contribution < 1.29 is 13.7 Å². The molecule has 0 saturated heterocycles. The van der Waals surface area contributed by atoms with E-state index in [1.54, 1.807) is 6.26 Å². The van der Waals surface area contributed by atoms with Gasteiger partial charge in [-0.2, -0.15) is 0 Å². The molecule has 0 saturated carbocycles. The lowest BCUT2D eigenvalue weighted by atomic mass is 9.87. The zero-order valence-electron chi connectivity index (χ0n) is 12.6. The van der Waals surface area contributed by atoms with Gasteiger partial charge in [-0.15, -0.1) is 0 Å². The van der Waals surface area contributed by atoms with E-state index in [1.165, 1.54) is 5.56 Å². The second kappa shape index (κ2) is 7.09. The van der Waals surface area contributed by atoms with Gasteiger partial charge in [0.25, 0.3) is 0 Å². The molecule has 1 aromatic carbocycles. The van der Waals surface area contributed by atoms with Crippen LogP contribution in [0.2, 0.25) is 0 Å². The number of allylic oxidation sites excluding steroid dienone is 1. The normalized spacial score (nSPS) is 17.6. The Morgan fingerprint density at radius 1 is 1.29 bits per heavy atom. The molecule has 0 aliphatic carbocycles. The molecular weight excluding hydrogens is 286 g/mol. The van der Waals surface area contributed by atoms with Gasteiger partial charge in [-0.05, 0) is 38.2 Å². The Morgan fingerprint density at radius 3 is 2.57 bits per heavy atom. The summed E-state index contributed by atoms with van der Waals surface area (Å²) < 4.78 is 21.8. The van der Waals surface area contributed by atoms with Crippen molar-refractivity contribution >= 4 is 11.0 Å². The predicted octanol–water partition coefficient (Wildman–Crippen LogP) is 2.87. The number of ether oxygens (including phenoxy) is 2. The third-order valence-corrected chi connectivity index (χ3v) is 4.97. The van der Waals surface area contributed by atoms with Gasteiger partial charge < -0.3 is 9.47 Å². The fourth-order valence-electron chi connectivity index (χ4n) is 2.60. The van der Waals surface area contributed by atoms with Crippen molar-refractivity contribution in [3.63, 3.8) is 0 Å². The largest absolute Gasteiger partial charge is 0.462 e. The third-order valence-electron chi connectivity index (χ3n) is 3.71. The maximum atomic E-state index is 11.7. The SMILES string of the molecule is CC(C)(CC(CC1=COCO1)Cc1ccccc1)S(N)=O. The van der Waals surface area contributed by atoms with E-state index in [2.05, 4.69) is 12.1 Å². The van der Waals surface area contributed by atoms with Crippen LogP contribution >= 0.6 is 0 Å². The van der Waals surface area contributed by atoms with Crippen molar-refractivity contribution in [2.24, 2.45) is 11.1 Å². The fourth-order valence-corrected chi connectivity index (χ4v) is 3.00. The van der Waals surface area contributed by atoms with Crippen molar-refractivity contribution in [3.8, 4) is 0 Å². The summed E-state index contributed by atoms with van der Waals surface area (Å²) >= 11 is 0. The molecule has 0 fully saturated rings. The summed E-state index contributed by atoms with van der Waals surface area (Å²) in [5, 5.41) is 5.62. The average Bonchev–Trinajstić information content (AvgIpc) is 2.92. The monoisotopic (exact) mass is 309 g/mol. The lowest BCUT2D eigenvalue weighted by molar-refractivity contribution is 0.0750. The molecule has 0 bridgehead atoms. The van der Waals surface area contributed by atoms with Gasteiger partial charge in [-0.25, -0.2) is 4.21 Å². The molecule has 1 aliphatic heterocycles. The molecule has 1 aliphatic rings. The smallest absolute Gasteiger partial charge is 0.229 e. The average molecular weight is 309 g/mol. The summed E-state index contributed by atoms with van der Waals surface area (Å²) in [6.45, 7) is 4.18. The van der Waals surface area contributed by atoms with Gasteiger partial charge in [0.1, 0.15) is 12.0 Å². The second-order valence-electron chi connectivity index (χ2n) is 6.03. The Balaban J connectivity index is 2.07. The number of benzene rings is 1. The third kappa shape index (κ3) is 4.86. The molecule has 4 nitrogen and oxygen atoms in total. The molecule has 5 heteroatoms. The van der Waals surface area contributed by atoms with Crippen LogP contribution in [0.5, 0.6) is 0 Å². The lowest BCUT2D eigenvalue weighted by Gasteiger charge is -2.27. The van der Waals surface area contributed by atoms with Crippen LogP contribution < -0.4 is 5.14 Å². The Kier molecular flexibility index (Phi) is 5.42. The quantitative estimate of drug-likeness (QED) is 0.842. The zero-order valence-corrected chi connectivity index (χ0v) is 13.4. The highest BCUT2D eigenvalue weighted by Gasteiger charge is 2.29. The molecule has 21 heavy (non-hydrogen) atoms. The van der Waals surface area contributed by atoms with Crippen LogP contribution in [-0.4, -0.2) is 15.7 Å². The van der Waals surface area contributed by atoms with Gasteiger partial charge in [0.05, 0.1) is 15.7 Å². The minimum atomic E-state index is -1.35. The molecule has 1 heterocycles. The Morgan fingerprint density at radius 2 is 2.00 bits per heavy atom. The summed E-state index contributed by atoms with van der Waals surface area (Å²) in [6, 6.07) is 10.3. The van der Waals surface area contributed by atoms with Gasteiger partial charge in [-0.3, -0.25) is 5.14 Å². The van der Waals surface area contributed by atoms with Gasteiger partial charge in [0.2, 0.25) is 6.79 Å². The molecule has 2 atom stereocenters. The molecule has 0 radical (unpaired) electrons. The number of rotatable bonds is 7. The highest BCUT2D eigenvalue weighted by molar-refractivity contribution is 7.84. The van der Waals surface area contributed by atoms with E-state index in [4.69, 9.17) is 14.6 Å². The van der Waals surface area contributed by atoms with Crippen LogP contribution in [-0.2, 0) is 26.9 Å². The number of nitrogens with two attached hydrogens (primary N) is 1. The highest BCUT2D eigenvalue weighted by atomic mass is 32.2. The summed E-state index contributed by atoms with van der Waals surface area (Å²) in [5.74, 6) is 1.16. The van der Waals surface area contributed by atoms with Crippen LogP contribution in [0.3, 0.4) is 0 Å². The van der Waals surface area contributed by atoms with Gasteiger partial charge >= 0.3 is 0 Å². The Labute approximate surface area is 128 Å². The van der Waals surface area contributed by atoms with E-state index in [0.717, 1.165) is 25.0 Å². The van der Waals surface area contributed by atoms with Crippen LogP contribution in [0.4, 0.5) is 0 Å². The number of hydrogen-bond acceptors (Lipinski definition) is 3. The van der Waals surface area contributed by atoms with Crippen LogP contribution in [0.15, 0.2) is 42.4 Å². The molecule has 0 spiro atoms. The van der Waals surface area contributed by atoms with Crippen molar-refractivity contribution in [3.05, 3.63) is 47.9 Å². The first-order chi connectivity index (χ1) is 9.97. The first-order valence-electron chi connectivity index (χ1n) is 7.11. The zero-order chi connectivity index (χ0) is 15.3. The van der Waals surface area contributed by atoms with E-state index in [-0.39, 0.29) is 0 Å². The summed E-state index contributed by atoms with van der Waals surface area (Å²) in [6.07, 6.45) is 4.12. The van der Waals surface area contributed by atoms with Crippen molar-refractivity contribution in [1.29, 1.82) is 0 Å². The van der Waals surface area contributed by atoms with Crippen LogP contribution in [0, 0.1) is 5.92 Å². The van der Waals surface area contributed by atoms with Crippen LogP contribution in [0.25, 0.3) is 0 Å². The topological polar surface area (TPSA) is 61.6 Å². The van der Waals surface area contributed by atoms with Crippen LogP contribution in [0.1, 0.15) is 32.3 Å². The first kappa shape index (κ1) is 16.0. The van der Waals surface area contributed by atoms with Gasteiger partial charge in [0.15, 0.2) is 0 Å². The molecule has 0 amide bonds. The Bertz CT molecular complexity index is 514. The molecule has 2 rings (SSSR count). The molecule has 2 N–H and O–H groups in total. The Hall–Kier alpha value is -1.33. The van der Waals surface area contributed by atoms with Crippen molar-refractivity contribution in [2.75, 3.05) is 6.79 Å². The summed E-state index contributed by atoms with van der Waals surface area (Å²) in [4.78, 5) is 0. The van der Waals surface area contributed by atoms with Gasteiger partial charge in [-0.1, -0.05) is 30.3 Å². The predicted molar refractivity (Wildman–Crippen MR) is 84.4 cm³/mol. The lowest BCUT2D eigenvalue weighted by Crippen LogP contribution is -2.34. The minimum absolute atomic E-state index is 0.291. The molecule has 0 aromatic heterocycles. The van der Waals surface area contributed by atoms with Crippen molar-refractivity contribution in [1.82, 2.24) is 0 Å². The highest BCUT2D eigenvalue weighted by Crippen LogP contribution is 2.30. The van der Waals surface area contributed by atoms with E-state index >= 15 is 0 Å². The van der Waals surface area contributed by atoms with E-state index < -0.39 is 15.7 Å². The standard InChI is InChI=1S/C16H23NO3S/c1-16(2,21(17)18)10-14(9-15-11-19-12-20-15)8-13-6-4-3-5-7-13/h3-7,11,14H,8-10,12,17H2,1-2H3. The fraction of sp³-hybridized carbons (Fsp3) is 0.500.